The van der Waals surface area contributed by atoms with Crippen LogP contribution in [-0.2, 0) is 19.0 Å². The number of carbonyl (C=O) groups is 1. The molecule has 1 fully saturated rings. The second-order valence-corrected chi connectivity index (χ2v) is 12.8. The highest BCUT2D eigenvalue weighted by Crippen LogP contribution is 2.40. The lowest BCUT2D eigenvalue weighted by atomic mass is 9.78. The highest BCUT2D eigenvalue weighted by atomic mass is 16.6. The second-order valence-electron chi connectivity index (χ2n) is 12.8. The van der Waals surface area contributed by atoms with Gasteiger partial charge in [-0.1, -0.05) is 77.0 Å². The Hall–Kier alpha value is -1.77. The van der Waals surface area contributed by atoms with Crippen molar-refractivity contribution >= 4 is 5.97 Å². The van der Waals surface area contributed by atoms with Crippen LogP contribution in [0.2, 0.25) is 0 Å². The molecule has 11 unspecified atom stereocenters. The number of hydrogen-bond acceptors (Lipinski definition) is 7. The molecule has 0 radical (unpaired) electrons. The normalized spacial score (nSPS) is 36.9. The summed E-state index contributed by atoms with van der Waals surface area (Å²) in [6.45, 7) is 17.4. The SMILES string of the molecule is CCC1OC(O)(C(C)C(O)C(C)C2OC(=O)C(C)=CC(C)=CC(C)C(O)C(C)CC(C)=CC=CC2OC)CCC1C. The van der Waals surface area contributed by atoms with Gasteiger partial charge in [0.15, 0.2) is 5.79 Å². The molecule has 2 rings (SSSR count). The van der Waals surface area contributed by atoms with Crippen LogP contribution in [0.1, 0.15) is 88.0 Å². The summed E-state index contributed by atoms with van der Waals surface area (Å²) in [6, 6.07) is 0. The van der Waals surface area contributed by atoms with Crippen molar-refractivity contribution < 1.29 is 34.3 Å². The molecule has 11 atom stereocenters. The van der Waals surface area contributed by atoms with Crippen LogP contribution in [0, 0.1) is 29.6 Å². The van der Waals surface area contributed by atoms with Gasteiger partial charge >= 0.3 is 5.97 Å². The first-order chi connectivity index (χ1) is 19.1. The largest absolute Gasteiger partial charge is 0.456 e. The molecule has 1 saturated heterocycles. The Labute approximate surface area is 248 Å². The third-order valence-corrected chi connectivity index (χ3v) is 9.21. The maximum absolute atomic E-state index is 13.3. The van der Waals surface area contributed by atoms with Crippen molar-refractivity contribution in [1.82, 2.24) is 0 Å². The molecule has 41 heavy (non-hydrogen) atoms. The van der Waals surface area contributed by atoms with E-state index in [9.17, 15) is 20.1 Å². The van der Waals surface area contributed by atoms with Gasteiger partial charge in [-0.05, 0) is 57.9 Å². The standard InChI is InChI=1S/C34H56O7/c1-11-28-22(4)15-16-34(38,41-28)27(9)31(36)26(8)32-29(39-10)14-12-13-20(2)17-23(5)30(35)24(6)18-21(3)19-25(7)33(37)40-32/h12-14,18-19,22-24,26-32,35-36,38H,11,15-17H2,1-10H3. The predicted molar refractivity (Wildman–Crippen MR) is 163 cm³/mol. The van der Waals surface area contributed by atoms with E-state index in [4.69, 9.17) is 14.2 Å². The predicted octanol–water partition coefficient (Wildman–Crippen LogP) is 5.89. The molecule has 0 bridgehead atoms. The number of carbonyl (C=O) groups excluding carboxylic acids is 1. The average molecular weight is 577 g/mol. The van der Waals surface area contributed by atoms with Gasteiger partial charge in [-0.3, -0.25) is 0 Å². The van der Waals surface area contributed by atoms with E-state index < -0.39 is 48.0 Å². The molecule has 0 aliphatic carbocycles. The zero-order valence-corrected chi connectivity index (χ0v) is 27.0. The van der Waals surface area contributed by atoms with Crippen molar-refractivity contribution in [1.29, 1.82) is 0 Å². The number of allylic oxidation sites excluding steroid dienone is 5. The minimum atomic E-state index is -1.48. The minimum Gasteiger partial charge on any atom is -0.456 e. The summed E-state index contributed by atoms with van der Waals surface area (Å²) < 4.78 is 18.0. The monoisotopic (exact) mass is 576 g/mol. The van der Waals surface area contributed by atoms with Crippen LogP contribution in [0.25, 0.3) is 0 Å². The third kappa shape index (κ3) is 9.36. The van der Waals surface area contributed by atoms with Gasteiger partial charge in [-0.15, -0.1) is 0 Å². The average Bonchev–Trinajstić information content (AvgIpc) is 2.93. The lowest BCUT2D eigenvalue weighted by Gasteiger charge is -2.46. The lowest BCUT2D eigenvalue weighted by Crippen LogP contribution is -2.54. The molecule has 0 amide bonds. The molecule has 3 N–H and O–H groups in total. The molecule has 0 aromatic carbocycles. The third-order valence-electron chi connectivity index (χ3n) is 9.21. The molecule has 7 heteroatoms. The zero-order valence-electron chi connectivity index (χ0n) is 27.0. The number of esters is 1. The van der Waals surface area contributed by atoms with Crippen LogP contribution in [-0.4, -0.2) is 64.7 Å². The fraction of sp³-hybridized carbons (Fsp3) is 0.735. The van der Waals surface area contributed by atoms with Gasteiger partial charge in [0.1, 0.15) is 12.2 Å². The van der Waals surface area contributed by atoms with Crippen LogP contribution >= 0.6 is 0 Å². The minimum absolute atomic E-state index is 0.0485. The molecule has 2 heterocycles. The summed E-state index contributed by atoms with van der Waals surface area (Å²) in [7, 11) is 1.55. The maximum atomic E-state index is 13.3. The van der Waals surface area contributed by atoms with Crippen molar-refractivity contribution in [3.63, 3.8) is 0 Å². The number of hydrogen-bond donors (Lipinski definition) is 3. The van der Waals surface area contributed by atoms with E-state index in [2.05, 4.69) is 6.92 Å². The van der Waals surface area contributed by atoms with Crippen LogP contribution in [0.3, 0.4) is 0 Å². The summed E-state index contributed by atoms with van der Waals surface area (Å²) in [5.74, 6) is -2.91. The summed E-state index contributed by atoms with van der Waals surface area (Å²) in [6.07, 6.45) is 9.04. The van der Waals surface area contributed by atoms with Gasteiger partial charge in [-0.25, -0.2) is 4.79 Å². The zero-order chi connectivity index (χ0) is 31.1. The molecule has 0 aromatic heterocycles. The van der Waals surface area contributed by atoms with Crippen LogP contribution < -0.4 is 0 Å². The van der Waals surface area contributed by atoms with Crippen molar-refractivity contribution in [2.24, 2.45) is 29.6 Å². The van der Waals surface area contributed by atoms with E-state index in [0.717, 1.165) is 30.4 Å². The van der Waals surface area contributed by atoms with Gasteiger partial charge < -0.3 is 29.5 Å². The first-order valence-electron chi connectivity index (χ1n) is 15.4. The summed E-state index contributed by atoms with van der Waals surface area (Å²) >= 11 is 0. The number of rotatable bonds is 6. The number of methoxy groups -OCH3 is 1. The summed E-state index contributed by atoms with van der Waals surface area (Å²) in [4.78, 5) is 13.3. The molecule has 2 aliphatic rings. The first kappa shape index (κ1) is 35.4. The molecular formula is C34H56O7. The Morgan fingerprint density at radius 2 is 1.80 bits per heavy atom. The molecule has 0 spiro atoms. The van der Waals surface area contributed by atoms with Gasteiger partial charge in [0.25, 0.3) is 0 Å². The molecule has 2 aliphatic heterocycles. The number of cyclic esters (lactones) is 1. The summed E-state index contributed by atoms with van der Waals surface area (Å²) in [5, 5.41) is 33.9. The van der Waals surface area contributed by atoms with Crippen LogP contribution in [0.4, 0.5) is 0 Å². The van der Waals surface area contributed by atoms with Gasteiger partial charge in [0.2, 0.25) is 0 Å². The molecule has 234 valence electrons. The Kier molecular flexibility index (Phi) is 13.5. The van der Waals surface area contributed by atoms with E-state index >= 15 is 0 Å². The second kappa shape index (κ2) is 15.6. The smallest absolute Gasteiger partial charge is 0.334 e. The molecule has 7 nitrogen and oxygen atoms in total. The van der Waals surface area contributed by atoms with E-state index in [1.807, 2.05) is 65.8 Å². The van der Waals surface area contributed by atoms with Gasteiger partial charge in [-0.2, -0.15) is 0 Å². The van der Waals surface area contributed by atoms with Crippen molar-refractivity contribution in [2.45, 2.75) is 124 Å². The molecule has 0 saturated carbocycles. The van der Waals surface area contributed by atoms with E-state index in [0.29, 0.717) is 17.9 Å². The Bertz CT molecular complexity index is 982. The van der Waals surface area contributed by atoms with Crippen molar-refractivity contribution in [2.75, 3.05) is 7.11 Å². The lowest BCUT2D eigenvalue weighted by molar-refractivity contribution is -0.305. The van der Waals surface area contributed by atoms with Crippen LogP contribution in [0.15, 0.2) is 47.1 Å². The maximum Gasteiger partial charge on any atom is 0.334 e. The Balaban J connectivity index is 2.45. The van der Waals surface area contributed by atoms with Gasteiger partial charge in [0, 0.05) is 36.9 Å². The van der Waals surface area contributed by atoms with Crippen molar-refractivity contribution in [3.8, 4) is 0 Å². The molecular weight excluding hydrogens is 520 g/mol. The Morgan fingerprint density at radius 1 is 1.15 bits per heavy atom. The first-order valence-corrected chi connectivity index (χ1v) is 15.4. The van der Waals surface area contributed by atoms with E-state index in [1.165, 1.54) is 0 Å². The highest BCUT2D eigenvalue weighted by molar-refractivity contribution is 5.88. The van der Waals surface area contributed by atoms with Gasteiger partial charge in [0.05, 0.1) is 18.3 Å². The summed E-state index contributed by atoms with van der Waals surface area (Å²) in [5.41, 5.74) is 2.37. The van der Waals surface area contributed by atoms with E-state index in [-0.39, 0.29) is 17.9 Å². The fourth-order valence-corrected chi connectivity index (χ4v) is 6.31. The number of aliphatic hydroxyl groups excluding tert-OH is 2. The number of ether oxygens (including phenoxy) is 3. The van der Waals surface area contributed by atoms with Crippen molar-refractivity contribution in [3.05, 3.63) is 47.1 Å². The Morgan fingerprint density at radius 3 is 2.41 bits per heavy atom. The topological polar surface area (TPSA) is 105 Å². The number of aliphatic hydroxyl groups is 3. The molecule has 0 aromatic rings. The van der Waals surface area contributed by atoms with E-state index in [1.54, 1.807) is 27.0 Å². The van der Waals surface area contributed by atoms with Crippen LogP contribution in [0.5, 0.6) is 0 Å². The quantitative estimate of drug-likeness (QED) is 0.339. The fourth-order valence-electron chi connectivity index (χ4n) is 6.31. The highest BCUT2D eigenvalue weighted by Gasteiger charge is 2.48.